The lowest BCUT2D eigenvalue weighted by Gasteiger charge is -2.25. The number of hydrogen-bond donors (Lipinski definition) is 2. The number of fused-ring (bicyclic) bond motifs is 2. The lowest BCUT2D eigenvalue weighted by atomic mass is 10.1. The van der Waals surface area contributed by atoms with Gasteiger partial charge in [-0.05, 0) is 42.8 Å². The normalized spacial score (nSPS) is 15.2. The predicted octanol–water partition coefficient (Wildman–Crippen LogP) is 3.59. The van der Waals surface area contributed by atoms with Crippen LogP contribution in [-0.2, 0) is 0 Å². The average molecular weight is 403 g/mol. The lowest BCUT2D eigenvalue weighted by molar-refractivity contribution is 0.0723. The molecule has 2 aromatic heterocycles. The van der Waals surface area contributed by atoms with Gasteiger partial charge < -0.3 is 19.2 Å². The molecule has 0 bridgehead atoms. The van der Waals surface area contributed by atoms with E-state index in [1.807, 2.05) is 18.2 Å². The monoisotopic (exact) mass is 403 g/mol. The topological polar surface area (TPSA) is 106 Å². The Labute approximate surface area is 170 Å². The summed E-state index contributed by atoms with van der Waals surface area (Å²) >= 11 is 0. The number of carbonyl (C=O) groups is 1. The van der Waals surface area contributed by atoms with E-state index < -0.39 is 17.6 Å². The number of nitrogens with zero attached hydrogens (tertiary/aromatic N) is 1. The summed E-state index contributed by atoms with van der Waals surface area (Å²) in [5, 5.41) is 10.3. The van der Waals surface area contributed by atoms with Crippen LogP contribution in [0.1, 0.15) is 27.8 Å². The predicted molar refractivity (Wildman–Crippen MR) is 109 cm³/mol. The van der Waals surface area contributed by atoms with Gasteiger partial charge in [0, 0.05) is 5.39 Å². The molecule has 1 unspecified atom stereocenters. The molecule has 30 heavy (non-hydrogen) atoms. The molecular formula is C22H17N3O5. The van der Waals surface area contributed by atoms with Gasteiger partial charge in [0.15, 0.2) is 23.4 Å². The first kappa shape index (κ1) is 18.0. The van der Waals surface area contributed by atoms with E-state index in [1.54, 1.807) is 43.5 Å². The minimum absolute atomic E-state index is 0.0589. The number of anilines is 1. The summed E-state index contributed by atoms with van der Waals surface area (Å²) < 4.78 is 17.0. The summed E-state index contributed by atoms with van der Waals surface area (Å²) in [7, 11) is 0. The van der Waals surface area contributed by atoms with Gasteiger partial charge in [-0.15, -0.1) is 0 Å². The molecule has 5 rings (SSSR count). The number of benzene rings is 2. The third kappa shape index (κ3) is 3.08. The van der Waals surface area contributed by atoms with Crippen LogP contribution in [0.5, 0.6) is 11.5 Å². The summed E-state index contributed by atoms with van der Waals surface area (Å²) in [5.41, 5.74) is 1.03. The van der Waals surface area contributed by atoms with Gasteiger partial charge >= 0.3 is 5.63 Å². The summed E-state index contributed by atoms with van der Waals surface area (Å²) in [6.07, 6.45) is 1.03. The fourth-order valence-corrected chi connectivity index (χ4v) is 3.49. The van der Waals surface area contributed by atoms with Crippen LogP contribution in [0, 0.1) is 6.92 Å². The zero-order valence-corrected chi connectivity index (χ0v) is 16.0. The zero-order chi connectivity index (χ0) is 20.7. The first-order chi connectivity index (χ1) is 14.6. The van der Waals surface area contributed by atoms with E-state index in [4.69, 9.17) is 13.9 Å². The van der Waals surface area contributed by atoms with Crippen LogP contribution >= 0.6 is 0 Å². The van der Waals surface area contributed by atoms with E-state index in [0.29, 0.717) is 28.5 Å². The van der Waals surface area contributed by atoms with Crippen molar-refractivity contribution in [3.8, 4) is 11.5 Å². The van der Waals surface area contributed by atoms with Crippen molar-refractivity contribution in [2.45, 2.75) is 13.0 Å². The van der Waals surface area contributed by atoms with Gasteiger partial charge in [0.1, 0.15) is 12.2 Å². The SMILES string of the molecule is Cc1cc(C2COc3ccccc3O2)oc(=O)c1C(=O)Nc1cccc2[nH]ncc12. The van der Waals surface area contributed by atoms with Gasteiger partial charge in [0.25, 0.3) is 5.91 Å². The first-order valence-electron chi connectivity index (χ1n) is 9.37. The Bertz CT molecular complexity index is 1320. The number of aromatic nitrogens is 2. The maximum atomic E-state index is 12.8. The van der Waals surface area contributed by atoms with Crippen LogP contribution in [0.2, 0.25) is 0 Å². The van der Waals surface area contributed by atoms with Gasteiger partial charge in [-0.3, -0.25) is 9.89 Å². The number of carbonyl (C=O) groups excluding carboxylic acids is 1. The quantitative estimate of drug-likeness (QED) is 0.541. The molecule has 150 valence electrons. The molecule has 0 radical (unpaired) electrons. The highest BCUT2D eigenvalue weighted by Gasteiger charge is 2.27. The molecule has 2 aromatic carbocycles. The highest BCUT2D eigenvalue weighted by atomic mass is 16.6. The number of ether oxygens (including phenoxy) is 2. The van der Waals surface area contributed by atoms with Crippen molar-refractivity contribution < 1.29 is 18.7 Å². The third-order valence-corrected chi connectivity index (χ3v) is 4.95. The highest BCUT2D eigenvalue weighted by Crippen LogP contribution is 2.35. The Balaban J connectivity index is 1.43. The largest absolute Gasteiger partial charge is 0.485 e. The van der Waals surface area contributed by atoms with Gasteiger partial charge in [0.05, 0.1) is 17.4 Å². The smallest absolute Gasteiger partial charge is 0.349 e. The summed E-state index contributed by atoms with van der Waals surface area (Å²) in [4.78, 5) is 25.5. The standard InChI is InChI=1S/C22H17N3O5/c1-12-9-18(19-11-28-16-7-2-3-8-17(16)29-19)30-22(27)20(12)21(26)24-14-5-4-6-15-13(14)10-23-25-15/h2-10,19H,11H2,1H3,(H,23,25)(H,24,26). The third-order valence-electron chi connectivity index (χ3n) is 4.95. The second kappa shape index (κ2) is 7.07. The van der Waals surface area contributed by atoms with E-state index in [9.17, 15) is 9.59 Å². The maximum absolute atomic E-state index is 12.8. The van der Waals surface area contributed by atoms with E-state index in [0.717, 1.165) is 10.9 Å². The van der Waals surface area contributed by atoms with Crippen molar-refractivity contribution in [2.75, 3.05) is 11.9 Å². The second-order valence-electron chi connectivity index (χ2n) is 6.95. The summed E-state index contributed by atoms with van der Waals surface area (Å²) in [6.45, 7) is 1.89. The number of aromatic amines is 1. The average Bonchev–Trinajstić information content (AvgIpc) is 3.23. The molecule has 1 amide bonds. The number of nitrogens with one attached hydrogen (secondary N) is 2. The fraction of sp³-hybridized carbons (Fsp3) is 0.136. The number of amides is 1. The van der Waals surface area contributed by atoms with Crippen LogP contribution in [0.15, 0.2) is 63.9 Å². The molecule has 8 heteroatoms. The van der Waals surface area contributed by atoms with Crippen molar-refractivity contribution in [2.24, 2.45) is 0 Å². The van der Waals surface area contributed by atoms with Crippen LogP contribution < -0.4 is 20.4 Å². The van der Waals surface area contributed by atoms with Crippen LogP contribution in [0.4, 0.5) is 5.69 Å². The first-order valence-corrected chi connectivity index (χ1v) is 9.37. The second-order valence-corrected chi connectivity index (χ2v) is 6.95. The van der Waals surface area contributed by atoms with Gasteiger partial charge in [0.2, 0.25) is 0 Å². The van der Waals surface area contributed by atoms with E-state index in [-0.39, 0.29) is 12.2 Å². The van der Waals surface area contributed by atoms with Gasteiger partial charge in [-0.1, -0.05) is 18.2 Å². The van der Waals surface area contributed by atoms with E-state index in [2.05, 4.69) is 15.5 Å². The molecule has 1 aliphatic heterocycles. The Kier molecular flexibility index (Phi) is 4.24. The lowest BCUT2D eigenvalue weighted by Crippen LogP contribution is -2.26. The molecule has 1 atom stereocenters. The summed E-state index contributed by atoms with van der Waals surface area (Å²) in [6, 6.07) is 14.3. The van der Waals surface area contributed by atoms with Crippen molar-refractivity contribution in [3.05, 3.63) is 82.0 Å². The molecule has 3 heterocycles. The van der Waals surface area contributed by atoms with Crippen LogP contribution in [0.3, 0.4) is 0 Å². The number of para-hydroxylation sites is 2. The number of H-pyrrole nitrogens is 1. The maximum Gasteiger partial charge on any atom is 0.349 e. The van der Waals surface area contributed by atoms with Crippen molar-refractivity contribution in [1.82, 2.24) is 10.2 Å². The number of rotatable bonds is 3. The molecule has 1 aliphatic rings. The fourth-order valence-electron chi connectivity index (χ4n) is 3.49. The zero-order valence-electron chi connectivity index (χ0n) is 16.0. The van der Waals surface area contributed by atoms with Crippen molar-refractivity contribution in [3.63, 3.8) is 0 Å². The molecule has 0 spiro atoms. The molecule has 0 saturated carbocycles. The number of hydrogen-bond acceptors (Lipinski definition) is 6. The molecular weight excluding hydrogens is 386 g/mol. The Morgan fingerprint density at radius 2 is 2.00 bits per heavy atom. The van der Waals surface area contributed by atoms with Gasteiger partial charge in [-0.25, -0.2) is 4.79 Å². The minimum atomic E-state index is -0.732. The minimum Gasteiger partial charge on any atom is -0.485 e. The van der Waals surface area contributed by atoms with Crippen LogP contribution in [0.25, 0.3) is 10.9 Å². The van der Waals surface area contributed by atoms with Crippen molar-refractivity contribution in [1.29, 1.82) is 0 Å². The van der Waals surface area contributed by atoms with Gasteiger partial charge in [-0.2, -0.15) is 5.10 Å². The molecule has 0 fully saturated rings. The van der Waals surface area contributed by atoms with E-state index >= 15 is 0 Å². The highest BCUT2D eigenvalue weighted by molar-refractivity contribution is 6.09. The summed E-state index contributed by atoms with van der Waals surface area (Å²) in [5.74, 6) is 0.967. The molecule has 0 saturated heterocycles. The van der Waals surface area contributed by atoms with Crippen LogP contribution in [-0.4, -0.2) is 22.7 Å². The van der Waals surface area contributed by atoms with E-state index in [1.165, 1.54) is 0 Å². The molecule has 2 N–H and O–H groups in total. The Morgan fingerprint density at radius 3 is 2.83 bits per heavy atom. The molecule has 0 aliphatic carbocycles. The molecule has 8 nitrogen and oxygen atoms in total. The van der Waals surface area contributed by atoms with Crippen molar-refractivity contribution >= 4 is 22.5 Å². The Hall–Kier alpha value is -4.07. The molecule has 4 aromatic rings. The number of aryl methyl sites for hydroxylation is 1. The Morgan fingerprint density at radius 1 is 1.17 bits per heavy atom.